The van der Waals surface area contributed by atoms with Crippen molar-refractivity contribution in [3.05, 3.63) is 28.8 Å². The Morgan fingerprint density at radius 1 is 1.35 bits per heavy atom. The van der Waals surface area contributed by atoms with Crippen molar-refractivity contribution in [2.24, 2.45) is 11.7 Å². The van der Waals surface area contributed by atoms with E-state index in [1.54, 1.807) is 11.3 Å². The van der Waals surface area contributed by atoms with Gasteiger partial charge in [-0.25, -0.2) is 4.98 Å². The molecule has 1 aromatic heterocycles. The van der Waals surface area contributed by atoms with Crippen molar-refractivity contribution >= 4 is 34.0 Å². The third kappa shape index (κ3) is 3.14. The van der Waals surface area contributed by atoms with Crippen molar-refractivity contribution in [2.75, 3.05) is 20.6 Å². The summed E-state index contributed by atoms with van der Waals surface area (Å²) in [7, 11) is 4.32. The number of fused-ring (bicyclic) bond motifs is 1. The summed E-state index contributed by atoms with van der Waals surface area (Å²) < 4.78 is 1.29. The van der Waals surface area contributed by atoms with Crippen LogP contribution in [-0.2, 0) is 6.54 Å². The molecule has 1 saturated carbocycles. The van der Waals surface area contributed by atoms with Crippen LogP contribution in [0.1, 0.15) is 29.3 Å². The summed E-state index contributed by atoms with van der Waals surface area (Å²) in [6.45, 7) is 1.76. The molecule has 0 saturated heterocycles. The molecule has 5 heteroatoms. The molecule has 3 rings (SSSR count). The predicted octanol–water partition coefficient (Wildman–Crippen LogP) is 3.23. The van der Waals surface area contributed by atoms with Crippen LogP contribution in [0.3, 0.4) is 0 Å². The minimum absolute atomic E-state index is 0. The first-order chi connectivity index (χ1) is 9.15. The molecule has 0 bridgehead atoms. The highest BCUT2D eigenvalue weighted by Gasteiger charge is 2.30. The maximum Gasteiger partial charge on any atom is 0.107 e. The lowest BCUT2D eigenvalue weighted by atomic mass is 9.71. The number of hydrogen-bond donors (Lipinski definition) is 1. The molecule has 3 nitrogen and oxygen atoms in total. The smallest absolute Gasteiger partial charge is 0.107 e. The Labute approximate surface area is 130 Å². The van der Waals surface area contributed by atoms with E-state index in [-0.39, 0.29) is 12.4 Å². The van der Waals surface area contributed by atoms with Crippen LogP contribution >= 0.6 is 23.7 Å². The van der Waals surface area contributed by atoms with Gasteiger partial charge in [-0.3, -0.25) is 0 Å². The van der Waals surface area contributed by atoms with Gasteiger partial charge in [-0.2, -0.15) is 0 Å². The summed E-state index contributed by atoms with van der Waals surface area (Å²) in [6.07, 6.45) is 2.65. The lowest BCUT2D eigenvalue weighted by molar-refractivity contribution is 0.200. The summed E-state index contributed by atoms with van der Waals surface area (Å²) >= 11 is 1.73. The maximum absolute atomic E-state index is 5.66. The maximum atomic E-state index is 5.66. The van der Waals surface area contributed by atoms with Crippen molar-refractivity contribution in [3.8, 4) is 0 Å². The van der Waals surface area contributed by atoms with E-state index >= 15 is 0 Å². The fraction of sp³-hybridized carbons (Fsp3) is 0.533. The van der Waals surface area contributed by atoms with E-state index in [0.29, 0.717) is 6.54 Å². The van der Waals surface area contributed by atoms with E-state index in [1.165, 1.54) is 29.6 Å². The molecule has 1 fully saturated rings. The SMILES string of the molecule is CN(C)C[C@H]1C[C@H](c2ccc3nc(CN)sc3c2)C1.Cl. The number of nitrogens with zero attached hydrogens (tertiary/aromatic N) is 2. The molecular formula is C15H22ClN3S. The third-order valence-corrected chi connectivity index (χ3v) is 5.00. The van der Waals surface area contributed by atoms with Gasteiger partial charge in [0.05, 0.1) is 10.2 Å². The Bertz CT molecular complexity index is 576. The van der Waals surface area contributed by atoms with Gasteiger partial charge in [0.1, 0.15) is 5.01 Å². The van der Waals surface area contributed by atoms with Gasteiger partial charge in [0.25, 0.3) is 0 Å². The highest BCUT2D eigenvalue weighted by atomic mass is 35.5. The fourth-order valence-corrected chi connectivity index (χ4v) is 3.90. The second-order valence-corrected chi connectivity index (χ2v) is 6.95. The summed E-state index contributed by atoms with van der Waals surface area (Å²) in [6, 6.07) is 6.72. The topological polar surface area (TPSA) is 42.2 Å². The van der Waals surface area contributed by atoms with Crippen molar-refractivity contribution in [1.29, 1.82) is 0 Å². The second kappa shape index (κ2) is 6.39. The largest absolute Gasteiger partial charge is 0.325 e. The van der Waals surface area contributed by atoms with Crippen LogP contribution in [0.4, 0.5) is 0 Å². The molecule has 0 aliphatic heterocycles. The van der Waals surface area contributed by atoms with Gasteiger partial charge in [0, 0.05) is 13.1 Å². The van der Waals surface area contributed by atoms with Crippen molar-refractivity contribution in [3.63, 3.8) is 0 Å². The number of aromatic nitrogens is 1. The van der Waals surface area contributed by atoms with Crippen molar-refractivity contribution in [2.45, 2.75) is 25.3 Å². The highest BCUT2D eigenvalue weighted by molar-refractivity contribution is 7.18. The van der Waals surface area contributed by atoms with Crippen molar-refractivity contribution in [1.82, 2.24) is 9.88 Å². The Balaban J connectivity index is 0.00000147. The lowest BCUT2D eigenvalue weighted by Gasteiger charge is -2.37. The van der Waals surface area contributed by atoms with Crippen LogP contribution in [0.5, 0.6) is 0 Å². The van der Waals surface area contributed by atoms with Gasteiger partial charge in [-0.05, 0) is 56.5 Å². The van der Waals surface area contributed by atoms with E-state index < -0.39 is 0 Å². The predicted molar refractivity (Wildman–Crippen MR) is 88.8 cm³/mol. The van der Waals surface area contributed by atoms with Crippen molar-refractivity contribution < 1.29 is 0 Å². The van der Waals surface area contributed by atoms with Crippen LogP contribution < -0.4 is 5.73 Å². The summed E-state index contributed by atoms with van der Waals surface area (Å²) in [5.74, 6) is 1.62. The zero-order valence-electron chi connectivity index (χ0n) is 12.0. The first-order valence-electron chi connectivity index (χ1n) is 6.90. The monoisotopic (exact) mass is 311 g/mol. The van der Waals surface area contributed by atoms with Gasteiger partial charge in [0.2, 0.25) is 0 Å². The summed E-state index contributed by atoms with van der Waals surface area (Å²) in [5, 5.41) is 1.03. The van der Waals surface area contributed by atoms with Gasteiger partial charge < -0.3 is 10.6 Å². The average Bonchev–Trinajstić information content (AvgIpc) is 2.74. The van der Waals surface area contributed by atoms with E-state index in [2.05, 4.69) is 42.2 Å². The number of rotatable bonds is 4. The number of nitrogens with two attached hydrogens (primary N) is 1. The van der Waals surface area contributed by atoms with E-state index in [1.807, 2.05) is 0 Å². The molecule has 20 heavy (non-hydrogen) atoms. The molecular weight excluding hydrogens is 290 g/mol. The molecule has 110 valence electrons. The molecule has 1 aliphatic carbocycles. The minimum Gasteiger partial charge on any atom is -0.325 e. The molecule has 0 radical (unpaired) electrons. The Morgan fingerprint density at radius 2 is 2.10 bits per heavy atom. The molecule has 0 atom stereocenters. The van der Waals surface area contributed by atoms with Crippen LogP contribution in [0, 0.1) is 5.92 Å². The normalized spacial score (nSPS) is 21.8. The van der Waals surface area contributed by atoms with Gasteiger partial charge in [-0.1, -0.05) is 6.07 Å². The molecule has 0 unspecified atom stereocenters. The van der Waals surface area contributed by atoms with E-state index in [0.717, 1.165) is 22.4 Å². The Morgan fingerprint density at radius 3 is 2.75 bits per heavy atom. The average molecular weight is 312 g/mol. The summed E-state index contributed by atoms with van der Waals surface area (Å²) in [4.78, 5) is 6.81. The lowest BCUT2D eigenvalue weighted by Crippen LogP contribution is -2.31. The minimum atomic E-state index is 0. The van der Waals surface area contributed by atoms with Gasteiger partial charge in [-0.15, -0.1) is 23.7 Å². The molecule has 2 aromatic rings. The molecule has 0 spiro atoms. The standard InChI is InChI=1S/C15H21N3S.ClH/c1-18(2)9-10-5-12(6-10)11-3-4-13-14(7-11)19-15(8-16)17-13;/h3-4,7,10,12H,5-6,8-9,16H2,1-2H3;1H/t10-,12-;. The van der Waals surface area contributed by atoms with E-state index in [9.17, 15) is 0 Å². The molecule has 2 N–H and O–H groups in total. The highest BCUT2D eigenvalue weighted by Crippen LogP contribution is 2.42. The molecule has 0 amide bonds. The zero-order valence-corrected chi connectivity index (χ0v) is 13.6. The number of benzene rings is 1. The van der Waals surface area contributed by atoms with Crippen LogP contribution in [0.25, 0.3) is 10.2 Å². The Hall–Kier alpha value is -0.680. The zero-order chi connectivity index (χ0) is 13.4. The molecule has 1 aromatic carbocycles. The van der Waals surface area contributed by atoms with Gasteiger partial charge in [0.15, 0.2) is 0 Å². The number of thiazole rings is 1. The summed E-state index contributed by atoms with van der Waals surface area (Å²) in [5.41, 5.74) is 8.23. The first-order valence-corrected chi connectivity index (χ1v) is 7.71. The van der Waals surface area contributed by atoms with Crippen LogP contribution in [0.15, 0.2) is 18.2 Å². The molecule has 1 heterocycles. The fourth-order valence-electron chi connectivity index (χ4n) is 3.00. The molecule has 1 aliphatic rings. The number of hydrogen-bond acceptors (Lipinski definition) is 4. The Kier molecular flexibility index (Phi) is 5.02. The third-order valence-electron chi connectivity index (χ3n) is 3.96. The van der Waals surface area contributed by atoms with E-state index in [4.69, 9.17) is 5.73 Å². The van der Waals surface area contributed by atoms with Gasteiger partial charge >= 0.3 is 0 Å². The quantitative estimate of drug-likeness (QED) is 0.942. The van der Waals surface area contributed by atoms with Crippen LogP contribution in [-0.4, -0.2) is 30.5 Å². The first kappa shape index (κ1) is 15.7. The van der Waals surface area contributed by atoms with Crippen LogP contribution in [0.2, 0.25) is 0 Å². The second-order valence-electron chi connectivity index (χ2n) is 5.84. The number of halogens is 1.